The number of methoxy groups -OCH3 is 1. The zero-order valence-corrected chi connectivity index (χ0v) is 15.3. The molecular weight excluding hydrogens is 359 g/mol. The van der Waals surface area contributed by atoms with Gasteiger partial charge >= 0.3 is 0 Å². The van der Waals surface area contributed by atoms with Crippen LogP contribution in [0, 0.1) is 5.82 Å². The number of rotatable bonds is 7. The van der Waals surface area contributed by atoms with Crippen LogP contribution in [0.1, 0.15) is 10.6 Å². The Hall–Kier alpha value is -1.95. The lowest BCUT2D eigenvalue weighted by molar-refractivity contribution is 0.414. The minimum atomic E-state index is -0.324. The van der Waals surface area contributed by atoms with E-state index in [0.29, 0.717) is 17.1 Å². The standard InChI is InChI=1S/C19H18ClFN2OS/c1-24-14-7-5-13(6-8-14)9-10-22-12-18-23-11-17(25-18)19-15(20)3-2-4-16(19)21/h2-8,11,22H,9-10,12H2,1H3. The molecule has 0 amide bonds. The maximum absolute atomic E-state index is 14.0. The summed E-state index contributed by atoms with van der Waals surface area (Å²) in [5.74, 6) is 0.536. The van der Waals surface area contributed by atoms with Crippen LogP contribution in [-0.4, -0.2) is 18.6 Å². The Balaban J connectivity index is 1.53. The first-order valence-corrected chi connectivity index (χ1v) is 9.09. The number of hydrogen-bond donors (Lipinski definition) is 1. The van der Waals surface area contributed by atoms with Crippen LogP contribution in [0.5, 0.6) is 5.75 Å². The summed E-state index contributed by atoms with van der Waals surface area (Å²) in [7, 11) is 1.66. The lowest BCUT2D eigenvalue weighted by Crippen LogP contribution is -2.16. The molecule has 0 aliphatic heterocycles. The molecule has 1 N–H and O–H groups in total. The second-order valence-corrected chi connectivity index (χ2v) is 7.01. The minimum absolute atomic E-state index is 0.324. The van der Waals surface area contributed by atoms with Crippen molar-refractivity contribution in [2.75, 3.05) is 13.7 Å². The third-order valence-electron chi connectivity index (χ3n) is 3.79. The van der Waals surface area contributed by atoms with Crippen molar-refractivity contribution in [3.63, 3.8) is 0 Å². The van der Waals surface area contributed by atoms with E-state index in [4.69, 9.17) is 16.3 Å². The molecule has 0 spiro atoms. The van der Waals surface area contributed by atoms with E-state index in [9.17, 15) is 4.39 Å². The highest BCUT2D eigenvalue weighted by atomic mass is 35.5. The number of halogens is 2. The van der Waals surface area contributed by atoms with Crippen LogP contribution < -0.4 is 10.1 Å². The minimum Gasteiger partial charge on any atom is -0.497 e. The van der Waals surface area contributed by atoms with Crippen LogP contribution in [-0.2, 0) is 13.0 Å². The van der Waals surface area contributed by atoms with Crippen molar-refractivity contribution < 1.29 is 9.13 Å². The predicted octanol–water partition coefficient (Wildman–Crippen LogP) is 4.94. The van der Waals surface area contributed by atoms with Crippen molar-refractivity contribution >= 4 is 22.9 Å². The molecule has 2 aromatic carbocycles. The first-order chi connectivity index (χ1) is 12.2. The van der Waals surface area contributed by atoms with Crippen LogP contribution in [0.3, 0.4) is 0 Å². The number of hydrogen-bond acceptors (Lipinski definition) is 4. The van der Waals surface area contributed by atoms with Gasteiger partial charge in [-0.05, 0) is 42.8 Å². The lowest BCUT2D eigenvalue weighted by Gasteiger charge is -2.05. The average Bonchev–Trinajstić information content (AvgIpc) is 3.07. The fourth-order valence-electron chi connectivity index (χ4n) is 2.46. The van der Waals surface area contributed by atoms with Gasteiger partial charge in [-0.3, -0.25) is 0 Å². The Kier molecular flexibility index (Phi) is 6.02. The summed E-state index contributed by atoms with van der Waals surface area (Å²) >= 11 is 7.55. The molecule has 0 saturated carbocycles. The van der Waals surface area contributed by atoms with Gasteiger partial charge in [-0.2, -0.15) is 0 Å². The van der Waals surface area contributed by atoms with Gasteiger partial charge in [-0.15, -0.1) is 11.3 Å². The fourth-order valence-corrected chi connectivity index (χ4v) is 3.73. The molecule has 1 aromatic heterocycles. The van der Waals surface area contributed by atoms with Gasteiger partial charge in [0.05, 0.1) is 17.0 Å². The molecule has 3 rings (SSSR count). The summed E-state index contributed by atoms with van der Waals surface area (Å²) in [6.45, 7) is 1.48. The number of benzene rings is 2. The van der Waals surface area contributed by atoms with E-state index < -0.39 is 0 Å². The van der Waals surface area contributed by atoms with E-state index >= 15 is 0 Å². The second kappa shape index (κ2) is 8.43. The molecule has 0 radical (unpaired) electrons. The molecule has 0 saturated heterocycles. The molecular formula is C19H18ClFN2OS. The summed E-state index contributed by atoms with van der Waals surface area (Å²) in [6.07, 6.45) is 2.59. The maximum Gasteiger partial charge on any atom is 0.133 e. The van der Waals surface area contributed by atoms with Crippen LogP contribution in [0.25, 0.3) is 10.4 Å². The van der Waals surface area contributed by atoms with Crippen molar-refractivity contribution in [3.05, 3.63) is 70.1 Å². The van der Waals surface area contributed by atoms with Crippen LogP contribution in [0.15, 0.2) is 48.7 Å². The van der Waals surface area contributed by atoms with Gasteiger partial charge in [0, 0.05) is 18.3 Å². The van der Waals surface area contributed by atoms with E-state index in [1.165, 1.54) is 23.0 Å². The third-order valence-corrected chi connectivity index (χ3v) is 5.12. The Morgan fingerprint density at radius 3 is 2.72 bits per heavy atom. The second-order valence-electron chi connectivity index (χ2n) is 5.49. The van der Waals surface area contributed by atoms with Gasteiger partial charge in [-0.25, -0.2) is 9.37 Å². The number of ether oxygens (including phenoxy) is 1. The van der Waals surface area contributed by atoms with E-state index in [1.54, 1.807) is 25.4 Å². The summed E-state index contributed by atoms with van der Waals surface area (Å²) in [5.41, 5.74) is 1.66. The molecule has 0 bridgehead atoms. The van der Waals surface area contributed by atoms with Gasteiger partial charge in [0.15, 0.2) is 0 Å². The van der Waals surface area contributed by atoms with E-state index in [2.05, 4.69) is 22.4 Å². The molecule has 0 atom stereocenters. The van der Waals surface area contributed by atoms with Crippen molar-refractivity contribution in [3.8, 4) is 16.2 Å². The Morgan fingerprint density at radius 2 is 2.00 bits per heavy atom. The largest absolute Gasteiger partial charge is 0.497 e. The van der Waals surface area contributed by atoms with E-state index in [1.807, 2.05) is 12.1 Å². The summed E-state index contributed by atoms with van der Waals surface area (Å²) in [4.78, 5) is 5.10. The van der Waals surface area contributed by atoms with Crippen LogP contribution in [0.4, 0.5) is 4.39 Å². The van der Waals surface area contributed by atoms with Crippen molar-refractivity contribution in [2.24, 2.45) is 0 Å². The van der Waals surface area contributed by atoms with Crippen molar-refractivity contribution in [1.82, 2.24) is 10.3 Å². The monoisotopic (exact) mass is 376 g/mol. The predicted molar refractivity (Wildman–Crippen MR) is 101 cm³/mol. The molecule has 25 heavy (non-hydrogen) atoms. The smallest absolute Gasteiger partial charge is 0.133 e. The quantitative estimate of drug-likeness (QED) is 0.593. The highest BCUT2D eigenvalue weighted by Crippen LogP contribution is 2.34. The maximum atomic E-state index is 14.0. The zero-order valence-electron chi connectivity index (χ0n) is 13.8. The highest BCUT2D eigenvalue weighted by Gasteiger charge is 2.12. The summed E-state index contributed by atoms with van der Waals surface area (Å²) in [6, 6.07) is 12.7. The lowest BCUT2D eigenvalue weighted by atomic mass is 10.1. The summed E-state index contributed by atoms with van der Waals surface area (Å²) in [5, 5.41) is 4.67. The summed E-state index contributed by atoms with van der Waals surface area (Å²) < 4.78 is 19.1. The van der Waals surface area contributed by atoms with Crippen LogP contribution in [0.2, 0.25) is 5.02 Å². The number of nitrogens with one attached hydrogen (secondary N) is 1. The number of aromatic nitrogens is 1. The van der Waals surface area contributed by atoms with Gasteiger partial charge in [0.2, 0.25) is 0 Å². The molecule has 0 aliphatic rings. The van der Waals surface area contributed by atoms with Gasteiger partial charge in [0.1, 0.15) is 16.6 Å². The first-order valence-electron chi connectivity index (χ1n) is 7.90. The average molecular weight is 377 g/mol. The number of nitrogens with zero attached hydrogens (tertiary/aromatic N) is 1. The zero-order chi connectivity index (χ0) is 17.6. The topological polar surface area (TPSA) is 34.1 Å². The Morgan fingerprint density at radius 1 is 1.20 bits per heavy atom. The third kappa shape index (κ3) is 4.57. The molecule has 1 heterocycles. The molecule has 130 valence electrons. The number of thiazole rings is 1. The van der Waals surface area contributed by atoms with E-state index in [0.717, 1.165) is 28.6 Å². The SMILES string of the molecule is COc1ccc(CCNCc2ncc(-c3c(F)cccc3Cl)s2)cc1. The van der Waals surface area contributed by atoms with Crippen molar-refractivity contribution in [1.29, 1.82) is 0 Å². The first kappa shape index (κ1) is 17.9. The molecule has 3 nitrogen and oxygen atoms in total. The van der Waals surface area contributed by atoms with E-state index in [-0.39, 0.29) is 5.82 Å². The molecule has 3 aromatic rings. The highest BCUT2D eigenvalue weighted by molar-refractivity contribution is 7.15. The van der Waals surface area contributed by atoms with Gasteiger partial charge < -0.3 is 10.1 Å². The molecule has 6 heteroatoms. The normalized spacial score (nSPS) is 10.8. The van der Waals surface area contributed by atoms with Gasteiger partial charge in [0.25, 0.3) is 0 Å². The van der Waals surface area contributed by atoms with Crippen LogP contribution >= 0.6 is 22.9 Å². The fraction of sp³-hybridized carbons (Fsp3) is 0.211. The molecule has 0 aliphatic carbocycles. The Labute approximate surface area is 155 Å². The van der Waals surface area contributed by atoms with Gasteiger partial charge in [-0.1, -0.05) is 29.8 Å². The molecule has 0 unspecified atom stereocenters. The van der Waals surface area contributed by atoms with Crippen molar-refractivity contribution in [2.45, 2.75) is 13.0 Å². The Bertz CT molecular complexity index is 815. The molecule has 0 fully saturated rings.